The van der Waals surface area contributed by atoms with Crippen LogP contribution in [0.5, 0.6) is 0 Å². The number of amides is 1. The molecule has 0 spiro atoms. The van der Waals surface area contributed by atoms with Crippen molar-refractivity contribution in [2.24, 2.45) is 5.73 Å². The van der Waals surface area contributed by atoms with Crippen molar-refractivity contribution in [3.63, 3.8) is 0 Å². The van der Waals surface area contributed by atoms with Crippen molar-refractivity contribution in [2.45, 2.75) is 13.5 Å². The average molecular weight is 257 g/mol. The smallest absolute Gasteiger partial charge is 0.239 e. The third-order valence-corrected chi connectivity index (χ3v) is 2.45. The van der Waals surface area contributed by atoms with Gasteiger partial charge in [-0.05, 0) is 24.6 Å². The Hall–Kier alpha value is -1.69. The summed E-state index contributed by atoms with van der Waals surface area (Å²) in [5.41, 5.74) is 5.47. The van der Waals surface area contributed by atoms with Crippen molar-refractivity contribution in [3.8, 4) is 0 Å². The molecule has 0 aliphatic carbocycles. The zero-order valence-corrected chi connectivity index (χ0v) is 10.5. The molecule has 0 atom stereocenters. The van der Waals surface area contributed by atoms with E-state index in [0.29, 0.717) is 12.1 Å². The molecule has 0 radical (unpaired) electrons. The summed E-state index contributed by atoms with van der Waals surface area (Å²) in [7, 11) is 1.46. The van der Waals surface area contributed by atoms with Crippen molar-refractivity contribution < 1.29 is 13.6 Å². The summed E-state index contributed by atoms with van der Waals surface area (Å²) in [6, 6.07) is 2.35. The SMILES string of the molecule is CCNC(=O)CN(C)c1c(F)cc(CN)cc1F. The quantitative estimate of drug-likeness (QED) is 0.827. The molecule has 1 rings (SSSR count). The summed E-state index contributed by atoms with van der Waals surface area (Å²) < 4.78 is 27.4. The van der Waals surface area contributed by atoms with Crippen LogP contribution < -0.4 is 16.0 Å². The third-order valence-electron chi connectivity index (χ3n) is 2.45. The highest BCUT2D eigenvalue weighted by atomic mass is 19.1. The zero-order valence-electron chi connectivity index (χ0n) is 10.5. The standard InChI is InChI=1S/C12H17F2N3O/c1-3-16-11(18)7-17(2)12-9(13)4-8(6-15)5-10(12)14/h4-5H,3,6-7,15H2,1-2H3,(H,16,18). The van der Waals surface area contributed by atoms with Crippen LogP contribution in [0.25, 0.3) is 0 Å². The fourth-order valence-corrected chi connectivity index (χ4v) is 1.65. The molecule has 1 amide bonds. The van der Waals surface area contributed by atoms with E-state index in [1.54, 1.807) is 6.92 Å². The summed E-state index contributed by atoms with van der Waals surface area (Å²) in [4.78, 5) is 12.6. The second kappa shape index (κ2) is 6.30. The van der Waals surface area contributed by atoms with E-state index >= 15 is 0 Å². The number of carbonyl (C=O) groups is 1. The van der Waals surface area contributed by atoms with E-state index in [-0.39, 0.29) is 24.7 Å². The highest BCUT2D eigenvalue weighted by Gasteiger charge is 2.16. The van der Waals surface area contributed by atoms with Gasteiger partial charge in [-0.1, -0.05) is 0 Å². The molecule has 0 fully saturated rings. The van der Waals surface area contributed by atoms with Gasteiger partial charge in [-0.3, -0.25) is 4.79 Å². The number of halogens is 2. The molecule has 0 aliphatic heterocycles. The number of carbonyl (C=O) groups excluding carboxylic acids is 1. The molecule has 0 saturated carbocycles. The number of hydrogen-bond acceptors (Lipinski definition) is 3. The average Bonchev–Trinajstić information content (AvgIpc) is 2.27. The van der Waals surface area contributed by atoms with Crippen LogP contribution in [-0.4, -0.2) is 26.0 Å². The first-order chi connectivity index (χ1) is 8.49. The molecule has 4 nitrogen and oxygen atoms in total. The summed E-state index contributed by atoms with van der Waals surface area (Å²) in [5.74, 6) is -1.73. The molecule has 0 saturated heterocycles. The lowest BCUT2D eigenvalue weighted by atomic mass is 10.1. The topological polar surface area (TPSA) is 58.4 Å². The predicted octanol–water partition coefficient (Wildman–Crippen LogP) is 0.996. The second-order valence-corrected chi connectivity index (χ2v) is 3.92. The minimum absolute atomic E-state index is 0.0636. The van der Waals surface area contributed by atoms with E-state index in [4.69, 9.17) is 5.73 Å². The fourth-order valence-electron chi connectivity index (χ4n) is 1.65. The van der Waals surface area contributed by atoms with Gasteiger partial charge in [-0.2, -0.15) is 0 Å². The molecule has 0 aromatic heterocycles. The molecule has 1 aromatic carbocycles. The Morgan fingerprint density at radius 3 is 2.39 bits per heavy atom. The molecule has 18 heavy (non-hydrogen) atoms. The minimum atomic E-state index is -0.720. The van der Waals surface area contributed by atoms with Gasteiger partial charge < -0.3 is 16.0 Å². The summed E-state index contributed by atoms with van der Waals surface area (Å²) >= 11 is 0. The number of hydrogen-bond donors (Lipinski definition) is 2. The lowest BCUT2D eigenvalue weighted by molar-refractivity contribution is -0.119. The van der Waals surface area contributed by atoms with E-state index in [1.165, 1.54) is 24.1 Å². The van der Waals surface area contributed by atoms with E-state index in [2.05, 4.69) is 5.32 Å². The van der Waals surface area contributed by atoms with Gasteiger partial charge in [0.2, 0.25) is 5.91 Å². The monoisotopic (exact) mass is 257 g/mol. The van der Waals surface area contributed by atoms with Crippen LogP contribution in [0.2, 0.25) is 0 Å². The second-order valence-electron chi connectivity index (χ2n) is 3.92. The van der Waals surface area contributed by atoms with Crippen molar-refractivity contribution in [2.75, 3.05) is 25.0 Å². The van der Waals surface area contributed by atoms with E-state index < -0.39 is 11.6 Å². The first-order valence-corrected chi connectivity index (χ1v) is 5.65. The Morgan fingerprint density at radius 1 is 1.39 bits per heavy atom. The molecular weight excluding hydrogens is 240 g/mol. The molecule has 3 N–H and O–H groups in total. The van der Waals surface area contributed by atoms with E-state index in [1.807, 2.05) is 0 Å². The van der Waals surface area contributed by atoms with Gasteiger partial charge >= 0.3 is 0 Å². The lowest BCUT2D eigenvalue weighted by Crippen LogP contribution is -2.35. The van der Waals surface area contributed by atoms with Gasteiger partial charge in [0, 0.05) is 20.1 Å². The number of nitrogens with zero attached hydrogens (tertiary/aromatic N) is 1. The van der Waals surface area contributed by atoms with Gasteiger partial charge in [0.25, 0.3) is 0 Å². The van der Waals surface area contributed by atoms with Crippen LogP contribution in [0.1, 0.15) is 12.5 Å². The highest BCUT2D eigenvalue weighted by Crippen LogP contribution is 2.23. The van der Waals surface area contributed by atoms with Crippen LogP contribution in [0.4, 0.5) is 14.5 Å². The molecule has 0 aliphatic rings. The van der Waals surface area contributed by atoms with Gasteiger partial charge in [-0.15, -0.1) is 0 Å². The molecule has 0 bridgehead atoms. The molecule has 100 valence electrons. The summed E-state index contributed by atoms with van der Waals surface area (Å²) in [6.45, 7) is 2.21. The number of rotatable bonds is 5. The van der Waals surface area contributed by atoms with Crippen molar-refractivity contribution >= 4 is 11.6 Å². The number of anilines is 1. The molecule has 0 heterocycles. The maximum absolute atomic E-state index is 13.7. The third kappa shape index (κ3) is 3.40. The largest absolute Gasteiger partial charge is 0.361 e. The number of benzene rings is 1. The van der Waals surface area contributed by atoms with Crippen LogP contribution >= 0.6 is 0 Å². The molecule has 1 aromatic rings. The maximum atomic E-state index is 13.7. The fraction of sp³-hybridized carbons (Fsp3) is 0.417. The minimum Gasteiger partial charge on any atom is -0.361 e. The summed E-state index contributed by atoms with van der Waals surface area (Å²) in [6.07, 6.45) is 0. The van der Waals surface area contributed by atoms with Crippen LogP contribution in [-0.2, 0) is 11.3 Å². The maximum Gasteiger partial charge on any atom is 0.239 e. The van der Waals surface area contributed by atoms with E-state index in [0.717, 1.165) is 0 Å². The molecule has 0 unspecified atom stereocenters. The van der Waals surface area contributed by atoms with Crippen LogP contribution in [0, 0.1) is 11.6 Å². The van der Waals surface area contributed by atoms with Crippen molar-refractivity contribution in [1.82, 2.24) is 5.32 Å². The van der Waals surface area contributed by atoms with E-state index in [9.17, 15) is 13.6 Å². The molecular formula is C12H17F2N3O. The molecule has 6 heteroatoms. The van der Waals surface area contributed by atoms with Crippen LogP contribution in [0.15, 0.2) is 12.1 Å². The number of nitrogens with two attached hydrogens (primary N) is 1. The lowest BCUT2D eigenvalue weighted by Gasteiger charge is -2.20. The Morgan fingerprint density at radius 2 is 1.94 bits per heavy atom. The van der Waals surface area contributed by atoms with Crippen LogP contribution in [0.3, 0.4) is 0 Å². The number of likely N-dealkylation sites (N-methyl/N-ethyl adjacent to an activating group) is 2. The Labute approximate surface area is 105 Å². The normalized spacial score (nSPS) is 10.3. The van der Waals surface area contributed by atoms with Gasteiger partial charge in [0.15, 0.2) is 0 Å². The highest BCUT2D eigenvalue weighted by molar-refractivity contribution is 5.81. The Kier molecular flexibility index (Phi) is 5.03. The number of nitrogens with one attached hydrogen (secondary N) is 1. The van der Waals surface area contributed by atoms with Gasteiger partial charge in [-0.25, -0.2) is 8.78 Å². The Bertz CT molecular complexity index is 414. The summed E-state index contributed by atoms with van der Waals surface area (Å²) in [5, 5.41) is 2.56. The zero-order chi connectivity index (χ0) is 13.7. The first-order valence-electron chi connectivity index (χ1n) is 5.65. The predicted molar refractivity (Wildman–Crippen MR) is 66.2 cm³/mol. The van der Waals surface area contributed by atoms with Crippen molar-refractivity contribution in [1.29, 1.82) is 0 Å². The van der Waals surface area contributed by atoms with Gasteiger partial charge in [0.1, 0.15) is 17.3 Å². The first kappa shape index (κ1) is 14.4. The van der Waals surface area contributed by atoms with Crippen molar-refractivity contribution in [3.05, 3.63) is 29.3 Å². The van der Waals surface area contributed by atoms with Gasteiger partial charge in [0.05, 0.1) is 6.54 Å². The Balaban J connectivity index is 2.92.